The number of methoxy groups -OCH3 is 1. The second-order valence-corrected chi connectivity index (χ2v) is 7.16. The molecule has 3 rings (SSSR count). The second-order valence-electron chi connectivity index (χ2n) is 7.16. The lowest BCUT2D eigenvalue weighted by atomic mass is 9.99. The molecule has 7 heteroatoms. The number of nitrogens with zero attached hydrogens (tertiary/aromatic N) is 4. The Labute approximate surface area is 165 Å². The fourth-order valence-electron chi connectivity index (χ4n) is 3.64. The van der Waals surface area contributed by atoms with Crippen LogP contribution in [0.25, 0.3) is 0 Å². The summed E-state index contributed by atoms with van der Waals surface area (Å²) in [6.45, 7) is 5.33. The fourth-order valence-corrected chi connectivity index (χ4v) is 3.64. The predicted molar refractivity (Wildman–Crippen MR) is 104 cm³/mol. The molecule has 2 heterocycles. The molecule has 1 aromatic carbocycles. The Kier molecular flexibility index (Phi) is 6.12. The van der Waals surface area contributed by atoms with Gasteiger partial charge in [0.25, 0.3) is 5.91 Å². The number of ether oxygens (including phenoxy) is 2. The number of benzene rings is 1. The molecule has 0 fully saturated rings. The Morgan fingerprint density at radius 2 is 2.11 bits per heavy atom. The molecular formula is C21H26N4O3. The summed E-state index contributed by atoms with van der Waals surface area (Å²) in [6, 6.07) is 9.40. The number of hydrogen-bond acceptors (Lipinski definition) is 5. The van der Waals surface area contributed by atoms with Crippen molar-refractivity contribution in [2.75, 3.05) is 20.3 Å². The largest absolute Gasteiger partial charge is 0.383 e. The molecule has 1 aromatic heterocycles. The van der Waals surface area contributed by atoms with E-state index in [-0.39, 0.29) is 18.1 Å². The van der Waals surface area contributed by atoms with Crippen LogP contribution in [-0.2, 0) is 29.5 Å². The van der Waals surface area contributed by atoms with Crippen molar-refractivity contribution in [3.05, 3.63) is 52.3 Å². The average molecular weight is 382 g/mol. The number of aryl methyl sites for hydroxylation is 1. The predicted octanol–water partition coefficient (Wildman–Crippen LogP) is 2.60. The van der Waals surface area contributed by atoms with Gasteiger partial charge < -0.3 is 14.4 Å². The Bertz CT molecular complexity index is 882. The zero-order valence-corrected chi connectivity index (χ0v) is 16.8. The smallest absolute Gasteiger partial charge is 0.272 e. The number of aromatic nitrogens is 2. The van der Waals surface area contributed by atoms with Crippen molar-refractivity contribution in [3.63, 3.8) is 0 Å². The molecular weight excluding hydrogens is 356 g/mol. The highest BCUT2D eigenvalue weighted by Crippen LogP contribution is 2.31. The third-order valence-electron chi connectivity index (χ3n) is 5.00. The summed E-state index contributed by atoms with van der Waals surface area (Å²) in [5.41, 5.74) is 3.99. The van der Waals surface area contributed by atoms with Gasteiger partial charge >= 0.3 is 0 Å². The van der Waals surface area contributed by atoms with Crippen molar-refractivity contribution < 1.29 is 14.3 Å². The molecule has 7 nitrogen and oxygen atoms in total. The van der Waals surface area contributed by atoms with E-state index in [4.69, 9.17) is 14.7 Å². The van der Waals surface area contributed by atoms with E-state index in [1.165, 1.54) is 0 Å². The van der Waals surface area contributed by atoms with Crippen LogP contribution in [-0.4, -0.2) is 47.0 Å². The summed E-state index contributed by atoms with van der Waals surface area (Å²) in [6.07, 6.45) is 0.588. The number of amides is 1. The number of nitriles is 1. The Morgan fingerprint density at radius 1 is 1.39 bits per heavy atom. The van der Waals surface area contributed by atoms with Gasteiger partial charge in [-0.15, -0.1) is 0 Å². The number of rotatable bonds is 6. The highest BCUT2D eigenvalue weighted by molar-refractivity contribution is 5.94. The number of carbonyl (C=O) groups is 1. The summed E-state index contributed by atoms with van der Waals surface area (Å²) >= 11 is 0. The minimum Gasteiger partial charge on any atom is -0.383 e. The molecule has 0 N–H and O–H groups in total. The van der Waals surface area contributed by atoms with Gasteiger partial charge in [0.2, 0.25) is 0 Å². The third-order valence-corrected chi connectivity index (χ3v) is 5.00. The number of carbonyl (C=O) groups excluding carboxylic acids is 1. The van der Waals surface area contributed by atoms with E-state index >= 15 is 0 Å². The topological polar surface area (TPSA) is 80.4 Å². The highest BCUT2D eigenvalue weighted by atomic mass is 16.5. The minimum atomic E-state index is -0.127. The molecule has 1 amide bonds. The van der Waals surface area contributed by atoms with E-state index in [9.17, 15) is 4.79 Å². The van der Waals surface area contributed by atoms with Gasteiger partial charge in [-0.3, -0.25) is 9.48 Å². The van der Waals surface area contributed by atoms with Crippen molar-refractivity contribution in [1.82, 2.24) is 14.7 Å². The molecule has 0 saturated carbocycles. The van der Waals surface area contributed by atoms with Gasteiger partial charge in [0.1, 0.15) is 5.69 Å². The van der Waals surface area contributed by atoms with Gasteiger partial charge in [-0.1, -0.05) is 12.1 Å². The van der Waals surface area contributed by atoms with E-state index in [1.54, 1.807) is 35.9 Å². The maximum Gasteiger partial charge on any atom is 0.272 e. The average Bonchev–Trinajstić information content (AvgIpc) is 3.01. The quantitative estimate of drug-likeness (QED) is 0.767. The van der Waals surface area contributed by atoms with Crippen LogP contribution in [0.4, 0.5) is 0 Å². The monoisotopic (exact) mass is 382 g/mol. The molecule has 0 saturated heterocycles. The third kappa shape index (κ3) is 4.08. The normalized spacial score (nSPS) is 18.4. The molecule has 0 radical (unpaired) electrons. The van der Waals surface area contributed by atoms with Gasteiger partial charge in [-0.05, 0) is 31.5 Å². The first-order valence-corrected chi connectivity index (χ1v) is 9.43. The lowest BCUT2D eigenvalue weighted by molar-refractivity contribution is -0.00715. The molecule has 0 aliphatic carbocycles. The molecule has 0 spiro atoms. The van der Waals surface area contributed by atoms with Gasteiger partial charge in [-0.2, -0.15) is 10.4 Å². The van der Waals surface area contributed by atoms with Crippen LogP contribution >= 0.6 is 0 Å². The number of hydrogen-bond donors (Lipinski definition) is 0. The molecule has 2 atom stereocenters. The summed E-state index contributed by atoms with van der Waals surface area (Å²) in [5.74, 6) is -0.0704. The van der Waals surface area contributed by atoms with E-state index < -0.39 is 0 Å². The van der Waals surface area contributed by atoms with E-state index in [0.717, 1.165) is 16.8 Å². The zero-order valence-electron chi connectivity index (χ0n) is 16.8. The van der Waals surface area contributed by atoms with Crippen LogP contribution in [0.15, 0.2) is 24.3 Å². The van der Waals surface area contributed by atoms with Crippen molar-refractivity contribution in [2.24, 2.45) is 7.05 Å². The Balaban J connectivity index is 1.90. The second kappa shape index (κ2) is 8.55. The van der Waals surface area contributed by atoms with Crippen molar-refractivity contribution in [3.8, 4) is 6.07 Å². The standard InChI is InChI=1S/C21H26N4O3/c1-14-11-18-19(15(2)28-14)23-24(3)20(18)21(26)25(9-10-27-4)13-17-7-5-16(12-22)6-8-17/h5-8,14-15H,9-11,13H2,1-4H3/t14-,15+/m1/s1. The SMILES string of the molecule is COCCN(Cc1ccc(C#N)cc1)C(=O)c1c2c(nn1C)[C@H](C)O[C@H](C)C2. The first kappa shape index (κ1) is 20.1. The van der Waals surface area contributed by atoms with E-state index in [2.05, 4.69) is 11.2 Å². The van der Waals surface area contributed by atoms with Crippen LogP contribution < -0.4 is 0 Å². The van der Waals surface area contributed by atoms with Crippen LogP contribution in [0.5, 0.6) is 0 Å². The lowest BCUT2D eigenvalue weighted by Crippen LogP contribution is -2.35. The summed E-state index contributed by atoms with van der Waals surface area (Å²) in [5, 5.41) is 13.5. The van der Waals surface area contributed by atoms with Gasteiger partial charge in [0, 0.05) is 39.2 Å². The Hall–Kier alpha value is -2.69. The van der Waals surface area contributed by atoms with Gasteiger partial charge in [0.05, 0.1) is 36.1 Å². The lowest BCUT2D eigenvalue weighted by Gasteiger charge is -2.26. The van der Waals surface area contributed by atoms with Crippen LogP contribution in [0, 0.1) is 11.3 Å². The van der Waals surface area contributed by atoms with Crippen molar-refractivity contribution in [1.29, 1.82) is 5.26 Å². The van der Waals surface area contributed by atoms with E-state index in [0.29, 0.717) is 37.4 Å². The number of fused-ring (bicyclic) bond motifs is 1. The summed E-state index contributed by atoms with van der Waals surface area (Å²) in [7, 11) is 3.43. The molecule has 148 valence electrons. The molecule has 1 aliphatic heterocycles. The van der Waals surface area contributed by atoms with Gasteiger partial charge in [0.15, 0.2) is 0 Å². The first-order valence-electron chi connectivity index (χ1n) is 9.43. The summed E-state index contributed by atoms with van der Waals surface area (Å²) < 4.78 is 12.7. The highest BCUT2D eigenvalue weighted by Gasteiger charge is 2.33. The van der Waals surface area contributed by atoms with Gasteiger partial charge in [-0.25, -0.2) is 0 Å². The molecule has 28 heavy (non-hydrogen) atoms. The maximum absolute atomic E-state index is 13.5. The van der Waals surface area contributed by atoms with E-state index in [1.807, 2.05) is 26.0 Å². The van der Waals surface area contributed by atoms with Crippen LogP contribution in [0.2, 0.25) is 0 Å². The zero-order chi connectivity index (χ0) is 20.3. The Morgan fingerprint density at radius 3 is 2.75 bits per heavy atom. The summed E-state index contributed by atoms with van der Waals surface area (Å²) in [4.78, 5) is 15.2. The molecule has 0 bridgehead atoms. The van der Waals surface area contributed by atoms with Crippen LogP contribution in [0.3, 0.4) is 0 Å². The van der Waals surface area contributed by atoms with Crippen molar-refractivity contribution >= 4 is 5.91 Å². The first-order chi connectivity index (χ1) is 13.4. The molecule has 2 aromatic rings. The maximum atomic E-state index is 13.5. The van der Waals surface area contributed by atoms with Crippen molar-refractivity contribution in [2.45, 2.75) is 39.0 Å². The fraction of sp³-hybridized carbons (Fsp3) is 0.476. The molecule has 0 unspecified atom stereocenters. The minimum absolute atomic E-state index is 0.0456. The van der Waals surface area contributed by atoms with Crippen LogP contribution in [0.1, 0.15) is 52.8 Å². The molecule has 1 aliphatic rings.